The number of ether oxygens (including phenoxy) is 1. The molecule has 3 rings (SSSR count). The van der Waals surface area contributed by atoms with E-state index in [9.17, 15) is 26.8 Å². The monoisotopic (exact) mass is 424 g/mol. The van der Waals surface area contributed by atoms with Gasteiger partial charge in [0, 0.05) is 18.8 Å². The summed E-state index contributed by atoms with van der Waals surface area (Å²) in [7, 11) is -4.14. The second-order valence-electron chi connectivity index (χ2n) is 6.42. The lowest BCUT2D eigenvalue weighted by Crippen LogP contribution is -2.32. The number of halogens is 2. The molecule has 2 aromatic carbocycles. The van der Waals surface area contributed by atoms with Gasteiger partial charge in [-0.3, -0.25) is 9.52 Å². The van der Waals surface area contributed by atoms with Crippen molar-refractivity contribution in [2.75, 3.05) is 24.4 Å². The van der Waals surface area contributed by atoms with Crippen molar-refractivity contribution in [1.82, 2.24) is 4.90 Å². The number of hydrogen-bond acceptors (Lipinski definition) is 5. The normalized spacial score (nSPS) is 13.9. The molecule has 1 saturated heterocycles. The van der Waals surface area contributed by atoms with Gasteiger partial charge in [-0.05, 0) is 55.3 Å². The van der Waals surface area contributed by atoms with Gasteiger partial charge in [0.25, 0.3) is 15.9 Å². The number of rotatable bonds is 6. The Hall–Kier alpha value is -3.01. The van der Waals surface area contributed by atoms with E-state index < -0.39 is 32.5 Å². The first-order valence-corrected chi connectivity index (χ1v) is 10.3. The Morgan fingerprint density at radius 3 is 2.28 bits per heavy atom. The van der Waals surface area contributed by atoms with Crippen LogP contribution in [0, 0.1) is 11.6 Å². The number of carbonyl (C=O) groups excluding carboxylic acids is 2. The highest BCUT2D eigenvalue weighted by atomic mass is 32.2. The van der Waals surface area contributed by atoms with Crippen LogP contribution in [0.3, 0.4) is 0 Å². The largest absolute Gasteiger partial charge is 0.452 e. The molecule has 0 unspecified atom stereocenters. The van der Waals surface area contributed by atoms with Gasteiger partial charge in [-0.1, -0.05) is 0 Å². The molecule has 29 heavy (non-hydrogen) atoms. The van der Waals surface area contributed by atoms with E-state index in [1.165, 1.54) is 24.3 Å². The molecule has 0 radical (unpaired) electrons. The molecule has 0 saturated carbocycles. The van der Waals surface area contributed by atoms with E-state index in [2.05, 4.69) is 4.72 Å². The zero-order valence-corrected chi connectivity index (χ0v) is 16.0. The van der Waals surface area contributed by atoms with Crippen LogP contribution < -0.4 is 4.72 Å². The zero-order valence-electron chi connectivity index (χ0n) is 15.2. The second kappa shape index (κ2) is 8.56. The summed E-state index contributed by atoms with van der Waals surface area (Å²) in [5.74, 6) is -3.41. The summed E-state index contributed by atoms with van der Waals surface area (Å²) in [6, 6.07) is 7.50. The van der Waals surface area contributed by atoms with Crippen molar-refractivity contribution in [2.24, 2.45) is 0 Å². The van der Waals surface area contributed by atoms with E-state index in [4.69, 9.17) is 4.74 Å². The van der Waals surface area contributed by atoms with E-state index in [0.29, 0.717) is 25.2 Å². The van der Waals surface area contributed by atoms with Gasteiger partial charge in [-0.2, -0.15) is 0 Å². The van der Waals surface area contributed by atoms with Crippen molar-refractivity contribution in [2.45, 2.75) is 17.7 Å². The van der Waals surface area contributed by atoms with Gasteiger partial charge < -0.3 is 9.64 Å². The van der Waals surface area contributed by atoms with E-state index in [1.54, 1.807) is 4.90 Å². The summed E-state index contributed by atoms with van der Waals surface area (Å²) < 4.78 is 58.0. The van der Waals surface area contributed by atoms with Gasteiger partial charge in [-0.15, -0.1) is 0 Å². The van der Waals surface area contributed by atoms with Crippen LogP contribution in [0.4, 0.5) is 14.5 Å². The van der Waals surface area contributed by atoms with Crippen molar-refractivity contribution < 1.29 is 31.5 Å². The number of amides is 1. The van der Waals surface area contributed by atoms with Crippen LogP contribution >= 0.6 is 0 Å². The number of nitrogens with one attached hydrogen (secondary N) is 1. The van der Waals surface area contributed by atoms with Crippen LogP contribution in [0.5, 0.6) is 0 Å². The summed E-state index contributed by atoms with van der Waals surface area (Å²) in [5.41, 5.74) is 0.245. The fourth-order valence-electron chi connectivity index (χ4n) is 2.80. The highest BCUT2D eigenvalue weighted by Gasteiger charge is 2.20. The molecule has 1 amide bonds. The van der Waals surface area contributed by atoms with E-state index >= 15 is 0 Å². The van der Waals surface area contributed by atoms with E-state index in [0.717, 1.165) is 18.9 Å². The minimum Gasteiger partial charge on any atom is -0.452 e. The Kier molecular flexibility index (Phi) is 6.12. The summed E-state index contributed by atoms with van der Waals surface area (Å²) >= 11 is 0. The Labute approximate surface area is 166 Å². The molecule has 0 aliphatic carbocycles. The van der Waals surface area contributed by atoms with Gasteiger partial charge in [0.1, 0.15) is 0 Å². The highest BCUT2D eigenvalue weighted by Crippen LogP contribution is 2.19. The predicted molar refractivity (Wildman–Crippen MR) is 99.7 cm³/mol. The van der Waals surface area contributed by atoms with Crippen LogP contribution in [0.25, 0.3) is 0 Å². The minimum absolute atomic E-state index is 0.111. The Morgan fingerprint density at radius 1 is 1.00 bits per heavy atom. The van der Waals surface area contributed by atoms with Gasteiger partial charge >= 0.3 is 5.97 Å². The number of carbonyl (C=O) groups is 2. The van der Waals surface area contributed by atoms with Gasteiger partial charge in [-0.25, -0.2) is 22.0 Å². The molecule has 1 aliphatic rings. The Morgan fingerprint density at radius 2 is 1.66 bits per heavy atom. The quantitative estimate of drug-likeness (QED) is 0.720. The third-order valence-electron chi connectivity index (χ3n) is 4.36. The molecular weight excluding hydrogens is 406 g/mol. The molecule has 0 aromatic heterocycles. The fourth-order valence-corrected chi connectivity index (χ4v) is 3.87. The lowest BCUT2D eigenvalue weighted by molar-refractivity contribution is -0.133. The maximum atomic E-state index is 13.3. The lowest BCUT2D eigenvalue weighted by atomic mass is 10.2. The SMILES string of the molecule is O=C(OCC(=O)N1CCCC1)c1ccc(NS(=O)(=O)c2ccc(F)c(F)c2)cc1. The summed E-state index contributed by atoms with van der Waals surface area (Å²) in [5, 5.41) is 0. The first-order chi connectivity index (χ1) is 13.8. The number of likely N-dealkylation sites (tertiary alicyclic amines) is 1. The molecule has 154 valence electrons. The molecule has 0 spiro atoms. The summed E-state index contributed by atoms with van der Waals surface area (Å²) in [6.07, 6.45) is 1.86. The average molecular weight is 424 g/mol. The topological polar surface area (TPSA) is 92.8 Å². The molecule has 10 heteroatoms. The molecule has 1 aliphatic heterocycles. The standard InChI is InChI=1S/C19H18F2N2O5S/c20-16-8-7-15(11-17(16)21)29(26,27)22-14-5-3-13(4-6-14)19(25)28-12-18(24)23-9-1-2-10-23/h3-8,11,22H,1-2,9-10,12H2. The third kappa shape index (κ3) is 5.08. The van der Waals surface area contributed by atoms with Crippen LogP contribution in [-0.4, -0.2) is 44.9 Å². The Balaban J connectivity index is 1.61. The molecule has 0 atom stereocenters. The molecule has 1 heterocycles. The van der Waals surface area contributed by atoms with Crippen molar-refractivity contribution in [3.05, 3.63) is 59.7 Å². The number of nitrogens with zero attached hydrogens (tertiary/aromatic N) is 1. The maximum Gasteiger partial charge on any atom is 0.338 e. The number of benzene rings is 2. The molecule has 2 aromatic rings. The van der Waals surface area contributed by atoms with Crippen LogP contribution in [0.15, 0.2) is 47.4 Å². The van der Waals surface area contributed by atoms with Crippen molar-refractivity contribution in [3.63, 3.8) is 0 Å². The van der Waals surface area contributed by atoms with Gasteiger partial charge in [0.15, 0.2) is 18.2 Å². The molecule has 1 N–H and O–H groups in total. The molecule has 0 bridgehead atoms. The first-order valence-electron chi connectivity index (χ1n) is 8.79. The van der Waals surface area contributed by atoms with E-state index in [1.807, 2.05) is 0 Å². The molecule has 7 nitrogen and oxygen atoms in total. The lowest BCUT2D eigenvalue weighted by Gasteiger charge is -2.15. The number of esters is 1. The number of anilines is 1. The summed E-state index contributed by atoms with van der Waals surface area (Å²) in [4.78, 5) is 25.1. The van der Waals surface area contributed by atoms with Crippen LogP contribution in [0.2, 0.25) is 0 Å². The first kappa shape index (κ1) is 20.7. The van der Waals surface area contributed by atoms with Gasteiger partial charge in [0.05, 0.1) is 10.5 Å². The number of hydrogen-bond donors (Lipinski definition) is 1. The second-order valence-corrected chi connectivity index (χ2v) is 8.11. The summed E-state index contributed by atoms with van der Waals surface area (Å²) in [6.45, 7) is 0.954. The zero-order chi connectivity index (χ0) is 21.0. The van der Waals surface area contributed by atoms with E-state index in [-0.39, 0.29) is 23.8 Å². The van der Waals surface area contributed by atoms with Crippen molar-refractivity contribution in [1.29, 1.82) is 0 Å². The Bertz CT molecular complexity index is 1020. The van der Waals surface area contributed by atoms with Crippen molar-refractivity contribution in [3.8, 4) is 0 Å². The number of sulfonamides is 1. The molecular formula is C19H18F2N2O5S. The minimum atomic E-state index is -4.14. The predicted octanol–water partition coefficient (Wildman–Crippen LogP) is 2.54. The van der Waals surface area contributed by atoms with Gasteiger partial charge in [0.2, 0.25) is 0 Å². The third-order valence-corrected chi connectivity index (χ3v) is 5.74. The smallest absolute Gasteiger partial charge is 0.338 e. The van der Waals surface area contributed by atoms with Crippen LogP contribution in [-0.2, 0) is 19.6 Å². The van der Waals surface area contributed by atoms with Crippen molar-refractivity contribution >= 4 is 27.6 Å². The molecule has 1 fully saturated rings. The maximum absolute atomic E-state index is 13.3. The average Bonchev–Trinajstić information content (AvgIpc) is 3.23. The van der Waals surface area contributed by atoms with Crippen LogP contribution in [0.1, 0.15) is 23.2 Å². The highest BCUT2D eigenvalue weighted by molar-refractivity contribution is 7.92. The fraction of sp³-hybridized carbons (Fsp3) is 0.263.